The second-order valence-electron chi connectivity index (χ2n) is 5.50. The molecule has 1 aromatic rings. The van der Waals surface area contributed by atoms with Crippen molar-refractivity contribution >= 4 is 11.8 Å². The van der Waals surface area contributed by atoms with Gasteiger partial charge in [0.25, 0.3) is 0 Å². The first kappa shape index (κ1) is 18.5. The summed E-state index contributed by atoms with van der Waals surface area (Å²) in [6.07, 6.45) is -4.57. The Morgan fingerprint density at radius 3 is 2.18 bits per heavy atom. The highest BCUT2D eigenvalue weighted by Gasteiger charge is 2.38. The van der Waals surface area contributed by atoms with Crippen molar-refractivity contribution in [2.24, 2.45) is 5.41 Å². The van der Waals surface area contributed by atoms with E-state index in [2.05, 4.69) is 11.8 Å². The molecule has 1 rings (SSSR count). The fourth-order valence-electron chi connectivity index (χ4n) is 1.40. The van der Waals surface area contributed by atoms with Crippen LogP contribution in [0.5, 0.6) is 0 Å². The topological polar surface area (TPSA) is 9.23 Å². The fraction of sp³-hybridized carbons (Fsp3) is 0.412. The van der Waals surface area contributed by atoms with Crippen molar-refractivity contribution in [1.82, 2.24) is 0 Å². The van der Waals surface area contributed by atoms with Gasteiger partial charge in [0.05, 0.1) is 6.61 Å². The van der Waals surface area contributed by atoms with Gasteiger partial charge in [-0.1, -0.05) is 41.8 Å². The molecule has 0 spiro atoms. The average Bonchev–Trinajstić information content (AvgIpc) is 2.40. The second-order valence-corrected chi connectivity index (χ2v) is 6.59. The summed E-state index contributed by atoms with van der Waals surface area (Å²) in [6.45, 7) is 6.99. The monoisotopic (exact) mass is 328 g/mol. The molecule has 0 fully saturated rings. The smallest absolute Gasteiger partial charge is 0.450 e. The van der Waals surface area contributed by atoms with Gasteiger partial charge >= 0.3 is 6.18 Å². The van der Waals surface area contributed by atoms with Crippen LogP contribution in [0.2, 0.25) is 0 Å². The minimum absolute atomic E-state index is 0.0646. The summed E-state index contributed by atoms with van der Waals surface area (Å²) in [5.41, 5.74) is -0.397. The Morgan fingerprint density at radius 1 is 1.14 bits per heavy atom. The van der Waals surface area contributed by atoms with Gasteiger partial charge < -0.3 is 4.74 Å². The zero-order valence-corrected chi connectivity index (χ0v) is 13.9. The van der Waals surface area contributed by atoms with Gasteiger partial charge in [-0.05, 0) is 39.8 Å². The first-order valence-corrected chi connectivity index (χ1v) is 7.65. The zero-order valence-electron chi connectivity index (χ0n) is 13.0. The quantitative estimate of drug-likeness (QED) is 0.402. The molecule has 0 aliphatic carbocycles. The first-order chi connectivity index (χ1) is 10.1. The number of ether oxygens (including phenoxy) is 1. The van der Waals surface area contributed by atoms with Crippen LogP contribution in [-0.2, 0) is 4.74 Å². The molecule has 0 amide bonds. The number of benzene rings is 1. The third kappa shape index (κ3) is 6.48. The molecule has 0 saturated heterocycles. The van der Waals surface area contributed by atoms with E-state index < -0.39 is 17.4 Å². The van der Waals surface area contributed by atoms with Gasteiger partial charge in [-0.25, -0.2) is 0 Å². The summed E-state index contributed by atoms with van der Waals surface area (Å²) in [7, 11) is 0. The van der Waals surface area contributed by atoms with Crippen LogP contribution in [0.1, 0.15) is 27.7 Å². The molecule has 120 valence electrons. The molecule has 0 N–H and O–H groups in total. The molecule has 0 unspecified atom stereocenters. The largest absolute Gasteiger partial charge is 0.488 e. The summed E-state index contributed by atoms with van der Waals surface area (Å²) in [5.74, 6) is 4.46. The highest BCUT2D eigenvalue weighted by Crippen LogP contribution is 2.36. The first-order valence-electron chi connectivity index (χ1n) is 6.84. The number of hydrogen-bond acceptors (Lipinski definition) is 2. The van der Waals surface area contributed by atoms with Crippen molar-refractivity contribution in [3.63, 3.8) is 0 Å². The Bertz CT molecular complexity index is 572. The zero-order chi connectivity index (χ0) is 16.8. The number of thioether (sulfide) groups is 1. The van der Waals surface area contributed by atoms with Crippen LogP contribution in [-0.4, -0.2) is 12.8 Å². The number of alkyl halides is 3. The van der Waals surface area contributed by atoms with Crippen LogP contribution in [0, 0.1) is 17.3 Å². The third-order valence-corrected chi connectivity index (χ3v) is 3.27. The van der Waals surface area contributed by atoms with Crippen molar-refractivity contribution in [1.29, 1.82) is 0 Å². The fourth-order valence-corrected chi connectivity index (χ4v) is 2.30. The normalized spacial score (nSPS) is 13.0. The molecular weight excluding hydrogens is 309 g/mol. The van der Waals surface area contributed by atoms with Crippen LogP contribution in [0.15, 0.2) is 45.9 Å². The summed E-state index contributed by atoms with van der Waals surface area (Å²) in [4.78, 5) is 0.567. The van der Waals surface area contributed by atoms with Crippen molar-refractivity contribution in [3.8, 4) is 11.8 Å². The molecule has 0 aliphatic heterocycles. The highest BCUT2D eigenvalue weighted by atomic mass is 32.2. The lowest BCUT2D eigenvalue weighted by molar-refractivity contribution is -0.130. The Kier molecular flexibility index (Phi) is 6.43. The van der Waals surface area contributed by atoms with E-state index in [1.54, 1.807) is 24.3 Å². The molecule has 0 aromatic heterocycles. The molecule has 5 heteroatoms. The van der Waals surface area contributed by atoms with E-state index in [1.165, 1.54) is 6.92 Å². The van der Waals surface area contributed by atoms with Gasteiger partial charge in [-0.3, -0.25) is 0 Å². The van der Waals surface area contributed by atoms with Gasteiger partial charge in [0.15, 0.2) is 0 Å². The molecule has 22 heavy (non-hydrogen) atoms. The van der Waals surface area contributed by atoms with Gasteiger partial charge in [-0.2, -0.15) is 13.2 Å². The molecule has 0 bridgehead atoms. The maximum absolute atomic E-state index is 13.2. The predicted octanol–water partition coefficient (Wildman–Crippen LogP) is 5.64. The molecule has 0 heterocycles. The molecule has 1 nitrogen and oxygen atoms in total. The molecule has 0 saturated carbocycles. The Labute approximate surface area is 133 Å². The molecular formula is C17H19F3OS. The van der Waals surface area contributed by atoms with Crippen molar-refractivity contribution in [2.75, 3.05) is 6.61 Å². The lowest BCUT2D eigenvalue weighted by Crippen LogP contribution is -2.16. The second kappa shape index (κ2) is 7.64. The summed E-state index contributed by atoms with van der Waals surface area (Å²) >= 11 is 0.965. The van der Waals surface area contributed by atoms with E-state index in [-0.39, 0.29) is 11.5 Å². The third-order valence-electron chi connectivity index (χ3n) is 2.27. The van der Waals surface area contributed by atoms with Crippen molar-refractivity contribution in [2.45, 2.75) is 38.8 Å². The number of rotatable bonds is 4. The Balaban J connectivity index is 3.32. The van der Waals surface area contributed by atoms with Gasteiger partial charge in [0, 0.05) is 10.3 Å². The molecule has 0 aliphatic rings. The van der Waals surface area contributed by atoms with E-state index in [1.807, 2.05) is 26.8 Å². The molecule has 1 aromatic carbocycles. The minimum Gasteiger partial charge on any atom is -0.488 e. The molecule has 0 atom stereocenters. The van der Waals surface area contributed by atoms with E-state index in [0.29, 0.717) is 4.90 Å². The van der Waals surface area contributed by atoms with Gasteiger partial charge in [-0.15, -0.1) is 0 Å². The Hall–Kier alpha value is -1.54. The van der Waals surface area contributed by atoms with Crippen LogP contribution >= 0.6 is 11.8 Å². The van der Waals surface area contributed by atoms with Crippen LogP contribution in [0.4, 0.5) is 13.2 Å². The number of halogens is 3. The van der Waals surface area contributed by atoms with E-state index >= 15 is 0 Å². The van der Waals surface area contributed by atoms with Crippen LogP contribution in [0.25, 0.3) is 0 Å². The van der Waals surface area contributed by atoms with Gasteiger partial charge in [0.2, 0.25) is 5.76 Å². The van der Waals surface area contributed by atoms with Gasteiger partial charge in [0.1, 0.15) is 4.91 Å². The summed E-state index contributed by atoms with van der Waals surface area (Å²) in [6, 6.07) is 8.82. The van der Waals surface area contributed by atoms with Crippen molar-refractivity contribution < 1.29 is 17.9 Å². The number of hydrogen-bond donors (Lipinski definition) is 0. The van der Waals surface area contributed by atoms with E-state index in [4.69, 9.17) is 4.74 Å². The minimum atomic E-state index is -4.57. The lowest BCUT2D eigenvalue weighted by Gasteiger charge is -2.15. The van der Waals surface area contributed by atoms with E-state index in [9.17, 15) is 13.2 Å². The summed E-state index contributed by atoms with van der Waals surface area (Å²) in [5, 5.41) is 0. The Morgan fingerprint density at radius 2 is 1.73 bits per heavy atom. The maximum Gasteiger partial charge on any atom is 0.450 e. The highest BCUT2D eigenvalue weighted by molar-refractivity contribution is 8.03. The SMILES string of the molecule is CCO/C(=C(\C#CC(C)(C)C)Sc1ccccc1)C(F)(F)F. The van der Waals surface area contributed by atoms with Crippen molar-refractivity contribution in [3.05, 3.63) is 41.0 Å². The number of allylic oxidation sites excluding steroid dienone is 2. The summed E-state index contributed by atoms with van der Waals surface area (Å²) < 4.78 is 44.5. The van der Waals surface area contributed by atoms with Crippen LogP contribution in [0.3, 0.4) is 0 Å². The average molecular weight is 328 g/mol. The van der Waals surface area contributed by atoms with Crippen LogP contribution < -0.4 is 0 Å². The molecule has 0 radical (unpaired) electrons. The standard InChI is InChI=1S/C17H19F3OS/c1-5-21-15(17(18,19)20)14(11-12-16(2,3)4)22-13-9-7-6-8-10-13/h6-10H,5H2,1-4H3/b15-14+. The van der Waals surface area contributed by atoms with E-state index in [0.717, 1.165) is 11.8 Å². The maximum atomic E-state index is 13.2. The lowest BCUT2D eigenvalue weighted by atomic mass is 9.98. The predicted molar refractivity (Wildman–Crippen MR) is 84.2 cm³/mol.